The second-order valence-electron chi connectivity index (χ2n) is 4.90. The smallest absolute Gasteiger partial charge is 0.231 e. The molecule has 1 aromatic heterocycles. The number of aromatic nitrogens is 3. The minimum absolute atomic E-state index is 0.195. The Balaban J connectivity index is 2.23. The summed E-state index contributed by atoms with van der Waals surface area (Å²) in [5, 5.41) is 12.7. The summed E-state index contributed by atoms with van der Waals surface area (Å²) < 4.78 is 0. The molecule has 1 aromatic rings. The van der Waals surface area contributed by atoms with Gasteiger partial charge >= 0.3 is 0 Å². The van der Waals surface area contributed by atoms with E-state index >= 15 is 0 Å². The summed E-state index contributed by atoms with van der Waals surface area (Å²) in [6.07, 6.45) is 1.33. The van der Waals surface area contributed by atoms with E-state index in [-0.39, 0.29) is 6.10 Å². The van der Waals surface area contributed by atoms with Crippen molar-refractivity contribution >= 4 is 17.8 Å². The molecule has 0 amide bonds. The average Bonchev–Trinajstić information content (AvgIpc) is 2.39. The molecule has 19 heavy (non-hydrogen) atoms. The molecule has 2 heterocycles. The molecule has 0 saturated carbocycles. The normalized spacial score (nSPS) is 16.5. The minimum atomic E-state index is -0.195. The molecule has 0 radical (unpaired) electrons. The van der Waals surface area contributed by atoms with Gasteiger partial charge in [-0.05, 0) is 19.8 Å². The van der Waals surface area contributed by atoms with Gasteiger partial charge in [-0.2, -0.15) is 15.0 Å². The molecule has 0 spiro atoms. The highest BCUT2D eigenvalue weighted by Gasteiger charge is 2.20. The molecule has 0 atom stereocenters. The van der Waals surface area contributed by atoms with E-state index in [9.17, 15) is 5.11 Å². The van der Waals surface area contributed by atoms with Crippen LogP contribution >= 0.6 is 0 Å². The van der Waals surface area contributed by atoms with Gasteiger partial charge in [0.2, 0.25) is 17.8 Å². The van der Waals surface area contributed by atoms with Crippen molar-refractivity contribution in [3.8, 4) is 0 Å². The fraction of sp³-hybridized carbons (Fsp3) is 0.750. The molecular weight excluding hydrogens is 244 g/mol. The van der Waals surface area contributed by atoms with E-state index in [0.29, 0.717) is 17.8 Å². The number of piperidine rings is 1. The number of nitrogens with one attached hydrogen (secondary N) is 1. The van der Waals surface area contributed by atoms with Crippen LogP contribution in [0.15, 0.2) is 0 Å². The van der Waals surface area contributed by atoms with E-state index in [1.807, 2.05) is 25.9 Å². The van der Waals surface area contributed by atoms with Crippen LogP contribution in [0.3, 0.4) is 0 Å². The molecule has 0 aromatic carbocycles. The predicted molar refractivity (Wildman–Crippen MR) is 75.8 cm³/mol. The SMILES string of the molecule is CCNc1nc(N(C)C)nc(N2CCC(O)CC2)n1. The van der Waals surface area contributed by atoms with Gasteiger partial charge in [-0.1, -0.05) is 0 Å². The van der Waals surface area contributed by atoms with Gasteiger partial charge in [-0.3, -0.25) is 0 Å². The van der Waals surface area contributed by atoms with Crippen LogP contribution in [-0.4, -0.2) is 59.9 Å². The third-order valence-electron chi connectivity index (χ3n) is 3.09. The van der Waals surface area contributed by atoms with Crippen molar-refractivity contribution in [1.29, 1.82) is 0 Å². The van der Waals surface area contributed by atoms with Crippen molar-refractivity contribution in [2.45, 2.75) is 25.9 Å². The Morgan fingerprint density at radius 3 is 2.53 bits per heavy atom. The Morgan fingerprint density at radius 1 is 1.26 bits per heavy atom. The van der Waals surface area contributed by atoms with Crippen molar-refractivity contribution in [2.75, 3.05) is 48.8 Å². The van der Waals surface area contributed by atoms with Crippen molar-refractivity contribution in [2.24, 2.45) is 0 Å². The van der Waals surface area contributed by atoms with E-state index in [0.717, 1.165) is 32.5 Å². The molecule has 0 unspecified atom stereocenters. The maximum absolute atomic E-state index is 9.56. The van der Waals surface area contributed by atoms with Crippen LogP contribution in [-0.2, 0) is 0 Å². The number of aliphatic hydroxyl groups excluding tert-OH is 1. The van der Waals surface area contributed by atoms with Gasteiger partial charge < -0.3 is 20.2 Å². The quantitative estimate of drug-likeness (QED) is 0.813. The molecule has 0 aliphatic carbocycles. The zero-order valence-corrected chi connectivity index (χ0v) is 11.8. The van der Waals surface area contributed by atoms with E-state index in [2.05, 4.69) is 25.2 Å². The maximum Gasteiger partial charge on any atom is 0.231 e. The molecule has 0 bridgehead atoms. The third-order valence-corrected chi connectivity index (χ3v) is 3.09. The molecule has 1 saturated heterocycles. The summed E-state index contributed by atoms with van der Waals surface area (Å²) in [7, 11) is 3.82. The molecule has 2 rings (SSSR count). The van der Waals surface area contributed by atoms with Gasteiger partial charge in [-0.15, -0.1) is 0 Å². The number of rotatable bonds is 4. The van der Waals surface area contributed by atoms with E-state index in [1.54, 1.807) is 0 Å². The summed E-state index contributed by atoms with van der Waals surface area (Å²) in [5.41, 5.74) is 0. The summed E-state index contributed by atoms with van der Waals surface area (Å²) in [6.45, 7) is 4.35. The zero-order valence-electron chi connectivity index (χ0n) is 11.8. The first-order valence-corrected chi connectivity index (χ1v) is 6.70. The third kappa shape index (κ3) is 3.44. The zero-order chi connectivity index (χ0) is 13.8. The Labute approximate surface area is 113 Å². The molecule has 1 aliphatic rings. The molecule has 7 nitrogen and oxygen atoms in total. The van der Waals surface area contributed by atoms with Crippen LogP contribution in [0.2, 0.25) is 0 Å². The van der Waals surface area contributed by atoms with Crippen molar-refractivity contribution in [3.05, 3.63) is 0 Å². The highest BCUT2D eigenvalue weighted by atomic mass is 16.3. The lowest BCUT2D eigenvalue weighted by atomic mass is 10.1. The van der Waals surface area contributed by atoms with Gasteiger partial charge in [0, 0.05) is 33.7 Å². The maximum atomic E-state index is 9.56. The van der Waals surface area contributed by atoms with E-state index < -0.39 is 0 Å². The lowest BCUT2D eigenvalue weighted by Crippen LogP contribution is -2.37. The van der Waals surface area contributed by atoms with Crippen molar-refractivity contribution in [1.82, 2.24) is 15.0 Å². The molecule has 7 heteroatoms. The Kier molecular flexibility index (Phi) is 4.36. The molecule has 1 fully saturated rings. The van der Waals surface area contributed by atoms with Gasteiger partial charge in [-0.25, -0.2) is 0 Å². The lowest BCUT2D eigenvalue weighted by Gasteiger charge is -2.30. The first-order valence-electron chi connectivity index (χ1n) is 6.70. The number of anilines is 3. The van der Waals surface area contributed by atoms with Gasteiger partial charge in [0.15, 0.2) is 0 Å². The van der Waals surface area contributed by atoms with Gasteiger partial charge in [0.1, 0.15) is 0 Å². The van der Waals surface area contributed by atoms with E-state index in [1.165, 1.54) is 0 Å². The Morgan fingerprint density at radius 2 is 1.95 bits per heavy atom. The van der Waals surface area contributed by atoms with Gasteiger partial charge in [0.25, 0.3) is 0 Å². The monoisotopic (exact) mass is 266 g/mol. The lowest BCUT2D eigenvalue weighted by molar-refractivity contribution is 0.145. The van der Waals surface area contributed by atoms with Crippen molar-refractivity contribution < 1.29 is 5.11 Å². The number of hydrogen-bond donors (Lipinski definition) is 2. The number of nitrogens with zero attached hydrogens (tertiary/aromatic N) is 5. The van der Waals surface area contributed by atoms with Crippen LogP contribution in [0, 0.1) is 0 Å². The predicted octanol–water partition coefficient (Wildman–Crippen LogP) is 0.330. The molecule has 2 N–H and O–H groups in total. The Bertz CT molecular complexity index is 417. The average molecular weight is 266 g/mol. The number of aliphatic hydroxyl groups is 1. The van der Waals surface area contributed by atoms with Crippen LogP contribution in [0.25, 0.3) is 0 Å². The van der Waals surface area contributed by atoms with Crippen LogP contribution in [0.4, 0.5) is 17.8 Å². The highest BCUT2D eigenvalue weighted by Crippen LogP contribution is 2.19. The van der Waals surface area contributed by atoms with E-state index in [4.69, 9.17) is 0 Å². The van der Waals surface area contributed by atoms with Gasteiger partial charge in [0.05, 0.1) is 6.10 Å². The summed E-state index contributed by atoms with van der Waals surface area (Å²) in [4.78, 5) is 17.2. The fourth-order valence-corrected chi connectivity index (χ4v) is 2.00. The molecule has 1 aliphatic heterocycles. The van der Waals surface area contributed by atoms with Crippen LogP contribution in [0.5, 0.6) is 0 Å². The molecule has 106 valence electrons. The standard InChI is InChI=1S/C12H22N6O/c1-4-13-10-14-11(17(2)3)16-12(15-10)18-7-5-9(19)6-8-18/h9,19H,4-8H2,1-3H3,(H,13,14,15,16). The topological polar surface area (TPSA) is 77.4 Å². The first-order chi connectivity index (χ1) is 9.10. The number of hydrogen-bond acceptors (Lipinski definition) is 7. The highest BCUT2D eigenvalue weighted by molar-refractivity contribution is 5.44. The first kappa shape index (κ1) is 13.8. The largest absolute Gasteiger partial charge is 0.393 e. The molecular formula is C12H22N6O. The second kappa shape index (κ2) is 6.01. The fourth-order valence-electron chi connectivity index (χ4n) is 2.00. The van der Waals surface area contributed by atoms with Crippen LogP contribution < -0.4 is 15.1 Å². The van der Waals surface area contributed by atoms with Crippen LogP contribution in [0.1, 0.15) is 19.8 Å². The Hall–Kier alpha value is -1.63. The summed E-state index contributed by atoms with van der Waals surface area (Å²) in [6, 6.07) is 0. The summed E-state index contributed by atoms with van der Waals surface area (Å²) in [5.74, 6) is 1.93. The minimum Gasteiger partial charge on any atom is -0.393 e. The summed E-state index contributed by atoms with van der Waals surface area (Å²) >= 11 is 0. The second-order valence-corrected chi connectivity index (χ2v) is 4.90. The van der Waals surface area contributed by atoms with Crippen molar-refractivity contribution in [3.63, 3.8) is 0 Å².